The molecule has 0 N–H and O–H groups in total. The van der Waals surface area contributed by atoms with Gasteiger partial charge in [0.05, 0.1) is 0 Å². The first kappa shape index (κ1) is 7.03. The van der Waals surface area contributed by atoms with Crippen LogP contribution in [0.15, 0.2) is 0 Å². The zero-order chi connectivity index (χ0) is 6.69. The second-order valence-electron chi connectivity index (χ2n) is 2.81. The van der Waals surface area contributed by atoms with Gasteiger partial charge in [-0.25, -0.2) is 5.32 Å². The summed E-state index contributed by atoms with van der Waals surface area (Å²) in [6.45, 7) is 5.53. The zero-order valence-electron chi connectivity index (χ0n) is 6.30. The molecule has 1 atom stereocenters. The summed E-state index contributed by atoms with van der Waals surface area (Å²) in [6, 6.07) is 0.660. The molecule has 0 amide bonds. The predicted octanol–water partition coefficient (Wildman–Crippen LogP) is 0.315. The average molecular weight is 127 g/mol. The van der Waals surface area contributed by atoms with E-state index in [9.17, 15) is 0 Å². The minimum absolute atomic E-state index is 0.660. The van der Waals surface area contributed by atoms with Crippen molar-refractivity contribution in [3.63, 3.8) is 0 Å². The van der Waals surface area contributed by atoms with Gasteiger partial charge < -0.3 is 4.90 Å². The molecule has 1 aliphatic rings. The monoisotopic (exact) mass is 127 g/mol. The number of hydrogen-bond acceptors (Lipinski definition) is 1. The van der Waals surface area contributed by atoms with E-state index >= 15 is 0 Å². The van der Waals surface area contributed by atoms with Crippen LogP contribution in [0.1, 0.15) is 13.3 Å². The van der Waals surface area contributed by atoms with Gasteiger partial charge in [-0.05, 0) is 26.9 Å². The van der Waals surface area contributed by atoms with Crippen molar-refractivity contribution in [2.24, 2.45) is 0 Å². The Morgan fingerprint density at radius 3 is 3.11 bits per heavy atom. The second kappa shape index (κ2) is 3.18. The molecular weight excluding hydrogens is 112 g/mol. The molecular formula is C7H15N2. The third-order valence-electron chi connectivity index (χ3n) is 1.97. The average Bonchev–Trinajstić information content (AvgIpc) is 1.99. The summed E-state index contributed by atoms with van der Waals surface area (Å²) >= 11 is 0. The minimum Gasteiger partial charge on any atom is -0.302 e. The summed E-state index contributed by atoms with van der Waals surface area (Å²) in [5.74, 6) is 0. The van der Waals surface area contributed by atoms with Gasteiger partial charge in [0.15, 0.2) is 0 Å². The van der Waals surface area contributed by atoms with Crippen molar-refractivity contribution >= 4 is 0 Å². The normalized spacial score (nSPS) is 32.0. The van der Waals surface area contributed by atoms with E-state index in [1.165, 1.54) is 13.0 Å². The van der Waals surface area contributed by atoms with E-state index in [0.717, 1.165) is 13.1 Å². The predicted molar refractivity (Wildman–Crippen MR) is 38.6 cm³/mol. The maximum Gasteiger partial charge on any atom is 0.0286 e. The molecule has 1 fully saturated rings. The molecule has 1 saturated heterocycles. The van der Waals surface area contributed by atoms with Gasteiger partial charge in [0.25, 0.3) is 0 Å². The Balaban J connectivity index is 2.32. The Morgan fingerprint density at radius 2 is 2.33 bits per heavy atom. The zero-order valence-corrected chi connectivity index (χ0v) is 6.30. The summed E-state index contributed by atoms with van der Waals surface area (Å²) in [6.07, 6.45) is 1.24. The van der Waals surface area contributed by atoms with Crippen LogP contribution in [0.2, 0.25) is 0 Å². The van der Waals surface area contributed by atoms with Crippen LogP contribution in [0.5, 0.6) is 0 Å². The maximum absolute atomic E-state index is 4.36. The summed E-state index contributed by atoms with van der Waals surface area (Å²) in [7, 11) is 2.17. The van der Waals surface area contributed by atoms with Gasteiger partial charge in [-0.2, -0.15) is 0 Å². The summed E-state index contributed by atoms with van der Waals surface area (Å²) < 4.78 is 0. The van der Waals surface area contributed by atoms with Crippen LogP contribution in [0.25, 0.3) is 0 Å². The SMILES string of the molecule is CC1C[N]CCCN1C. The lowest BCUT2D eigenvalue weighted by molar-refractivity contribution is 0.274. The van der Waals surface area contributed by atoms with E-state index in [0.29, 0.717) is 6.04 Å². The van der Waals surface area contributed by atoms with E-state index in [-0.39, 0.29) is 0 Å². The first-order valence-electron chi connectivity index (χ1n) is 3.64. The number of rotatable bonds is 0. The van der Waals surface area contributed by atoms with E-state index in [1.807, 2.05) is 0 Å². The molecule has 0 saturated carbocycles. The molecule has 0 aromatic heterocycles. The lowest BCUT2D eigenvalue weighted by Gasteiger charge is -2.19. The minimum atomic E-state index is 0.660. The molecule has 2 heteroatoms. The van der Waals surface area contributed by atoms with Crippen LogP contribution in [0, 0.1) is 0 Å². The van der Waals surface area contributed by atoms with Crippen molar-refractivity contribution in [1.82, 2.24) is 10.2 Å². The number of hydrogen-bond donors (Lipinski definition) is 0. The maximum atomic E-state index is 4.36. The fraction of sp³-hybridized carbons (Fsp3) is 1.00. The Bertz CT molecular complexity index is 73.0. The van der Waals surface area contributed by atoms with E-state index in [2.05, 4.69) is 24.2 Å². The molecule has 53 valence electrons. The molecule has 0 aliphatic carbocycles. The Labute approximate surface area is 57.2 Å². The smallest absolute Gasteiger partial charge is 0.0286 e. The standard InChI is InChI=1S/C7H15N2/c1-7-6-8-4-3-5-9(7)2/h7H,3-6H2,1-2H3. The molecule has 1 aliphatic heterocycles. The highest BCUT2D eigenvalue weighted by molar-refractivity contribution is 4.69. The molecule has 9 heavy (non-hydrogen) atoms. The quantitative estimate of drug-likeness (QED) is 0.458. The van der Waals surface area contributed by atoms with Crippen molar-refractivity contribution in [2.75, 3.05) is 26.7 Å². The van der Waals surface area contributed by atoms with Crippen LogP contribution < -0.4 is 5.32 Å². The number of likely N-dealkylation sites (N-methyl/N-ethyl adjacent to an activating group) is 1. The van der Waals surface area contributed by atoms with E-state index in [1.54, 1.807) is 0 Å². The van der Waals surface area contributed by atoms with Crippen molar-refractivity contribution in [3.05, 3.63) is 0 Å². The molecule has 0 bridgehead atoms. The van der Waals surface area contributed by atoms with Gasteiger partial charge in [0.1, 0.15) is 0 Å². The van der Waals surface area contributed by atoms with Crippen LogP contribution in [-0.4, -0.2) is 37.6 Å². The highest BCUT2D eigenvalue weighted by atomic mass is 15.2. The largest absolute Gasteiger partial charge is 0.302 e. The van der Waals surface area contributed by atoms with Crippen LogP contribution in [0.3, 0.4) is 0 Å². The lowest BCUT2D eigenvalue weighted by atomic mass is 10.3. The highest BCUT2D eigenvalue weighted by Gasteiger charge is 2.11. The molecule has 1 heterocycles. The summed E-state index contributed by atoms with van der Waals surface area (Å²) in [4.78, 5) is 2.37. The molecule has 1 radical (unpaired) electrons. The van der Waals surface area contributed by atoms with Crippen molar-refractivity contribution in [2.45, 2.75) is 19.4 Å². The third kappa shape index (κ3) is 1.95. The van der Waals surface area contributed by atoms with Gasteiger partial charge in [0, 0.05) is 19.1 Å². The van der Waals surface area contributed by atoms with Gasteiger partial charge in [-0.15, -0.1) is 0 Å². The van der Waals surface area contributed by atoms with Gasteiger partial charge in [-0.1, -0.05) is 0 Å². The van der Waals surface area contributed by atoms with Crippen molar-refractivity contribution in [3.8, 4) is 0 Å². The van der Waals surface area contributed by atoms with Crippen LogP contribution in [0.4, 0.5) is 0 Å². The third-order valence-corrected chi connectivity index (χ3v) is 1.97. The Hall–Kier alpha value is -0.0800. The molecule has 1 rings (SSSR count). The fourth-order valence-electron chi connectivity index (χ4n) is 1.07. The molecule has 0 aromatic rings. The van der Waals surface area contributed by atoms with Crippen molar-refractivity contribution in [1.29, 1.82) is 0 Å². The molecule has 0 aromatic carbocycles. The highest BCUT2D eigenvalue weighted by Crippen LogP contribution is 1.99. The van der Waals surface area contributed by atoms with E-state index in [4.69, 9.17) is 0 Å². The lowest BCUT2D eigenvalue weighted by Crippen LogP contribution is -2.32. The summed E-state index contributed by atoms with van der Waals surface area (Å²) in [5, 5.41) is 4.36. The summed E-state index contributed by atoms with van der Waals surface area (Å²) in [5.41, 5.74) is 0. The topological polar surface area (TPSA) is 17.3 Å². The Morgan fingerprint density at radius 1 is 1.56 bits per heavy atom. The van der Waals surface area contributed by atoms with Crippen molar-refractivity contribution < 1.29 is 0 Å². The molecule has 2 nitrogen and oxygen atoms in total. The second-order valence-corrected chi connectivity index (χ2v) is 2.81. The fourth-order valence-corrected chi connectivity index (χ4v) is 1.07. The first-order valence-corrected chi connectivity index (χ1v) is 3.64. The van der Waals surface area contributed by atoms with E-state index < -0.39 is 0 Å². The van der Waals surface area contributed by atoms with Crippen LogP contribution >= 0.6 is 0 Å². The first-order chi connectivity index (χ1) is 4.30. The van der Waals surface area contributed by atoms with Gasteiger partial charge in [-0.3, -0.25) is 0 Å². The molecule has 0 spiro atoms. The van der Waals surface area contributed by atoms with Gasteiger partial charge >= 0.3 is 0 Å². The molecule has 1 unspecified atom stereocenters. The number of nitrogens with zero attached hydrogens (tertiary/aromatic N) is 2. The Kier molecular flexibility index (Phi) is 2.49. The van der Waals surface area contributed by atoms with Crippen LogP contribution in [-0.2, 0) is 0 Å². The van der Waals surface area contributed by atoms with Gasteiger partial charge in [0.2, 0.25) is 0 Å².